The van der Waals surface area contributed by atoms with Crippen molar-refractivity contribution in [2.45, 2.75) is 26.3 Å². The Morgan fingerprint density at radius 1 is 1.37 bits per heavy atom. The molecule has 1 aromatic rings. The third kappa shape index (κ3) is 4.48. The number of amides is 2. The second kappa shape index (κ2) is 7.04. The molecule has 0 radical (unpaired) electrons. The van der Waals surface area contributed by atoms with E-state index >= 15 is 0 Å². The van der Waals surface area contributed by atoms with Gasteiger partial charge in [-0.25, -0.2) is 13.6 Å². The monoisotopic (exact) mass is 272 g/mol. The summed E-state index contributed by atoms with van der Waals surface area (Å²) in [4.78, 5) is 11.7. The van der Waals surface area contributed by atoms with Gasteiger partial charge in [-0.05, 0) is 24.5 Å². The van der Waals surface area contributed by atoms with Gasteiger partial charge in [0.2, 0.25) is 0 Å². The summed E-state index contributed by atoms with van der Waals surface area (Å²) in [6, 6.07) is 2.69. The zero-order valence-corrected chi connectivity index (χ0v) is 10.9. The van der Waals surface area contributed by atoms with E-state index in [-0.39, 0.29) is 24.3 Å². The predicted molar refractivity (Wildman–Crippen MR) is 68.8 cm³/mol. The number of halogens is 2. The van der Waals surface area contributed by atoms with Crippen molar-refractivity contribution in [1.82, 2.24) is 5.32 Å². The van der Waals surface area contributed by atoms with Gasteiger partial charge >= 0.3 is 6.03 Å². The maximum absolute atomic E-state index is 13.3. The molecule has 0 saturated heterocycles. The van der Waals surface area contributed by atoms with Gasteiger partial charge in [0.25, 0.3) is 0 Å². The largest absolute Gasteiger partial charge is 0.396 e. The summed E-state index contributed by atoms with van der Waals surface area (Å²) >= 11 is 0. The maximum atomic E-state index is 13.3. The Morgan fingerprint density at radius 2 is 2.05 bits per heavy atom. The highest BCUT2D eigenvalue weighted by atomic mass is 19.2. The van der Waals surface area contributed by atoms with E-state index < -0.39 is 17.7 Å². The number of benzene rings is 1. The van der Waals surface area contributed by atoms with Gasteiger partial charge in [0.15, 0.2) is 11.6 Å². The van der Waals surface area contributed by atoms with Gasteiger partial charge in [-0.1, -0.05) is 19.9 Å². The molecule has 1 unspecified atom stereocenters. The second-order valence-corrected chi connectivity index (χ2v) is 4.56. The average Bonchev–Trinajstić information content (AvgIpc) is 2.34. The van der Waals surface area contributed by atoms with Crippen LogP contribution in [0, 0.1) is 17.6 Å². The Labute approximate surface area is 110 Å². The molecule has 0 heterocycles. The molecule has 0 fully saturated rings. The molecule has 1 rings (SSSR count). The molecule has 0 bridgehead atoms. The fourth-order valence-corrected chi connectivity index (χ4v) is 1.64. The number of nitrogens with one attached hydrogen (secondary N) is 2. The molecule has 6 heteroatoms. The highest BCUT2D eigenvalue weighted by Gasteiger charge is 2.17. The smallest absolute Gasteiger partial charge is 0.319 e. The van der Waals surface area contributed by atoms with Crippen molar-refractivity contribution >= 4 is 11.7 Å². The normalized spacial score (nSPS) is 12.3. The number of rotatable bonds is 5. The molecule has 19 heavy (non-hydrogen) atoms. The van der Waals surface area contributed by atoms with Crippen LogP contribution in [0.2, 0.25) is 0 Å². The summed E-state index contributed by atoms with van der Waals surface area (Å²) in [7, 11) is 0. The minimum atomic E-state index is -1.10. The maximum Gasteiger partial charge on any atom is 0.319 e. The van der Waals surface area contributed by atoms with E-state index in [4.69, 9.17) is 5.11 Å². The SMILES string of the molecule is CC(C)C(CCO)NC(=O)Nc1cccc(F)c1F. The van der Waals surface area contributed by atoms with Crippen LogP contribution in [0.25, 0.3) is 0 Å². The third-order valence-electron chi connectivity index (χ3n) is 2.76. The summed E-state index contributed by atoms with van der Waals surface area (Å²) in [6.45, 7) is 3.73. The molecule has 0 aliphatic rings. The Balaban J connectivity index is 2.66. The number of aliphatic hydroxyl groups is 1. The number of anilines is 1. The first-order valence-electron chi connectivity index (χ1n) is 6.08. The van der Waals surface area contributed by atoms with E-state index in [2.05, 4.69) is 10.6 Å². The van der Waals surface area contributed by atoms with Gasteiger partial charge in [0.1, 0.15) is 0 Å². The lowest BCUT2D eigenvalue weighted by Crippen LogP contribution is -2.41. The standard InChI is InChI=1S/C13H18F2N2O2/c1-8(2)10(6-7-18)16-13(19)17-11-5-3-4-9(14)12(11)15/h3-5,8,10,18H,6-7H2,1-2H3,(H2,16,17,19). The molecule has 0 aliphatic carbocycles. The number of carbonyl (C=O) groups is 1. The van der Waals surface area contributed by atoms with Crippen LogP contribution >= 0.6 is 0 Å². The molecule has 0 saturated carbocycles. The quantitative estimate of drug-likeness (QED) is 0.771. The summed E-state index contributed by atoms with van der Waals surface area (Å²) in [5.74, 6) is -2.00. The molecule has 0 aromatic heterocycles. The van der Waals surface area contributed by atoms with E-state index in [1.807, 2.05) is 13.8 Å². The van der Waals surface area contributed by atoms with E-state index in [9.17, 15) is 13.6 Å². The minimum absolute atomic E-state index is 0.0581. The summed E-state index contributed by atoms with van der Waals surface area (Å²) in [5, 5.41) is 13.7. The fraction of sp³-hybridized carbons (Fsp3) is 0.462. The summed E-state index contributed by atoms with van der Waals surface area (Å²) < 4.78 is 26.3. The van der Waals surface area contributed by atoms with Gasteiger partial charge in [-0.2, -0.15) is 0 Å². The van der Waals surface area contributed by atoms with Crippen LogP contribution in [-0.2, 0) is 0 Å². The Bertz CT molecular complexity index is 439. The molecule has 106 valence electrons. The van der Waals surface area contributed by atoms with E-state index in [0.29, 0.717) is 6.42 Å². The summed E-state index contributed by atoms with van der Waals surface area (Å²) in [6.07, 6.45) is 0.400. The number of urea groups is 1. The molecular weight excluding hydrogens is 254 g/mol. The van der Waals surface area contributed by atoms with Crippen molar-refractivity contribution in [3.05, 3.63) is 29.8 Å². The minimum Gasteiger partial charge on any atom is -0.396 e. The number of hydrogen-bond acceptors (Lipinski definition) is 2. The van der Waals surface area contributed by atoms with Crippen LogP contribution in [0.5, 0.6) is 0 Å². The van der Waals surface area contributed by atoms with Gasteiger partial charge in [0, 0.05) is 12.6 Å². The van der Waals surface area contributed by atoms with E-state index in [0.717, 1.165) is 6.07 Å². The van der Waals surface area contributed by atoms with Crippen LogP contribution in [0.1, 0.15) is 20.3 Å². The average molecular weight is 272 g/mol. The van der Waals surface area contributed by atoms with Crippen molar-refractivity contribution in [2.24, 2.45) is 5.92 Å². The van der Waals surface area contributed by atoms with Crippen molar-refractivity contribution < 1.29 is 18.7 Å². The Morgan fingerprint density at radius 3 is 2.63 bits per heavy atom. The van der Waals surface area contributed by atoms with Gasteiger partial charge in [-0.15, -0.1) is 0 Å². The van der Waals surface area contributed by atoms with Crippen molar-refractivity contribution in [3.8, 4) is 0 Å². The lowest BCUT2D eigenvalue weighted by molar-refractivity contribution is 0.227. The van der Waals surface area contributed by atoms with Crippen LogP contribution < -0.4 is 10.6 Å². The first kappa shape index (κ1) is 15.4. The Kier molecular flexibility index (Phi) is 5.69. The summed E-state index contributed by atoms with van der Waals surface area (Å²) in [5.41, 5.74) is -0.219. The number of carbonyl (C=O) groups excluding carboxylic acids is 1. The third-order valence-corrected chi connectivity index (χ3v) is 2.76. The molecule has 1 atom stereocenters. The van der Waals surface area contributed by atoms with Crippen LogP contribution in [0.15, 0.2) is 18.2 Å². The van der Waals surface area contributed by atoms with Crippen LogP contribution in [0.4, 0.5) is 19.3 Å². The molecule has 4 nitrogen and oxygen atoms in total. The van der Waals surface area contributed by atoms with Gasteiger partial charge < -0.3 is 15.7 Å². The molecule has 3 N–H and O–H groups in total. The highest BCUT2D eigenvalue weighted by molar-refractivity contribution is 5.89. The zero-order chi connectivity index (χ0) is 14.4. The number of aliphatic hydroxyl groups excluding tert-OH is 1. The van der Waals surface area contributed by atoms with Crippen molar-refractivity contribution in [1.29, 1.82) is 0 Å². The molecular formula is C13H18F2N2O2. The Hall–Kier alpha value is -1.69. The highest BCUT2D eigenvalue weighted by Crippen LogP contribution is 2.16. The number of hydrogen-bond donors (Lipinski definition) is 3. The van der Waals surface area contributed by atoms with Crippen LogP contribution in [0.3, 0.4) is 0 Å². The lowest BCUT2D eigenvalue weighted by atomic mass is 10.0. The van der Waals surface area contributed by atoms with Gasteiger partial charge in [0.05, 0.1) is 5.69 Å². The van der Waals surface area contributed by atoms with Crippen molar-refractivity contribution in [3.63, 3.8) is 0 Å². The van der Waals surface area contributed by atoms with Gasteiger partial charge in [-0.3, -0.25) is 0 Å². The van der Waals surface area contributed by atoms with Crippen molar-refractivity contribution in [2.75, 3.05) is 11.9 Å². The molecule has 0 aliphatic heterocycles. The molecule has 0 spiro atoms. The molecule has 1 aromatic carbocycles. The first-order valence-corrected chi connectivity index (χ1v) is 6.08. The lowest BCUT2D eigenvalue weighted by Gasteiger charge is -2.21. The zero-order valence-electron chi connectivity index (χ0n) is 10.9. The fourth-order valence-electron chi connectivity index (χ4n) is 1.64. The first-order chi connectivity index (χ1) is 8.95. The second-order valence-electron chi connectivity index (χ2n) is 4.56. The predicted octanol–water partition coefficient (Wildman–Crippen LogP) is 2.49. The topological polar surface area (TPSA) is 61.4 Å². The van der Waals surface area contributed by atoms with Crippen LogP contribution in [-0.4, -0.2) is 23.8 Å². The van der Waals surface area contributed by atoms with E-state index in [1.54, 1.807) is 0 Å². The van der Waals surface area contributed by atoms with E-state index in [1.165, 1.54) is 12.1 Å². The molecule has 2 amide bonds.